The van der Waals surface area contributed by atoms with Crippen LogP contribution in [0.1, 0.15) is 52.1 Å². The number of H-pyrrole nitrogens is 1. The highest BCUT2D eigenvalue weighted by molar-refractivity contribution is 6.00. The van der Waals surface area contributed by atoms with Gasteiger partial charge >= 0.3 is 0 Å². The molecular formula is C25H29N3O4. The van der Waals surface area contributed by atoms with Crippen molar-refractivity contribution in [3.8, 4) is 22.8 Å². The van der Waals surface area contributed by atoms with Gasteiger partial charge in [-0.2, -0.15) is 5.10 Å². The van der Waals surface area contributed by atoms with Crippen LogP contribution >= 0.6 is 0 Å². The number of carbonyl (C=O) groups is 1. The minimum atomic E-state index is -0.369. The van der Waals surface area contributed by atoms with Crippen molar-refractivity contribution < 1.29 is 19.4 Å². The normalized spacial score (nSPS) is 15.3. The van der Waals surface area contributed by atoms with Gasteiger partial charge < -0.3 is 19.5 Å². The number of amides is 1. The van der Waals surface area contributed by atoms with E-state index in [1.165, 1.54) is 0 Å². The first kappa shape index (κ1) is 21.9. The van der Waals surface area contributed by atoms with E-state index in [1.807, 2.05) is 50.2 Å². The number of aromatic hydroxyl groups is 1. The number of ether oxygens (including phenoxy) is 2. The molecule has 0 bridgehead atoms. The number of phenols is 1. The average molecular weight is 436 g/mol. The third-order valence-electron chi connectivity index (χ3n) is 5.75. The molecule has 0 aliphatic carbocycles. The highest BCUT2D eigenvalue weighted by atomic mass is 16.5. The lowest BCUT2D eigenvalue weighted by Crippen LogP contribution is -2.32. The highest BCUT2D eigenvalue weighted by Crippen LogP contribution is 2.45. The fraction of sp³-hybridized carbons (Fsp3) is 0.360. The van der Waals surface area contributed by atoms with E-state index in [0.717, 1.165) is 34.4 Å². The summed E-state index contributed by atoms with van der Waals surface area (Å²) in [4.78, 5) is 15.1. The van der Waals surface area contributed by atoms with Gasteiger partial charge in [0, 0.05) is 24.8 Å². The predicted octanol–water partition coefficient (Wildman–Crippen LogP) is 4.38. The van der Waals surface area contributed by atoms with Crippen molar-refractivity contribution in [1.29, 1.82) is 0 Å². The minimum absolute atomic E-state index is 0.135. The number of aryl methyl sites for hydroxylation is 2. The number of methoxy groups -OCH3 is 1. The summed E-state index contributed by atoms with van der Waals surface area (Å²) in [6, 6.07) is 11.3. The van der Waals surface area contributed by atoms with Gasteiger partial charge in [-0.25, -0.2) is 0 Å². The molecule has 1 aliphatic heterocycles. The summed E-state index contributed by atoms with van der Waals surface area (Å²) in [6.07, 6.45) is 0.911. The van der Waals surface area contributed by atoms with Crippen LogP contribution in [0.2, 0.25) is 0 Å². The van der Waals surface area contributed by atoms with E-state index >= 15 is 0 Å². The number of fused-ring (bicyclic) bond motifs is 1. The quantitative estimate of drug-likeness (QED) is 0.548. The Morgan fingerprint density at radius 1 is 1.19 bits per heavy atom. The summed E-state index contributed by atoms with van der Waals surface area (Å²) in [5.41, 5.74) is 5.11. The van der Waals surface area contributed by atoms with Crippen LogP contribution in [0.4, 0.5) is 0 Å². The Kier molecular flexibility index (Phi) is 6.19. The van der Waals surface area contributed by atoms with Gasteiger partial charge in [0.15, 0.2) is 0 Å². The van der Waals surface area contributed by atoms with Crippen molar-refractivity contribution in [3.63, 3.8) is 0 Å². The number of aromatic amines is 1. The van der Waals surface area contributed by atoms with Crippen LogP contribution in [0, 0.1) is 13.8 Å². The molecule has 3 aromatic rings. The van der Waals surface area contributed by atoms with Crippen LogP contribution in [0.5, 0.6) is 11.5 Å². The largest absolute Gasteiger partial charge is 0.507 e. The van der Waals surface area contributed by atoms with Gasteiger partial charge in [0.25, 0.3) is 5.91 Å². The summed E-state index contributed by atoms with van der Waals surface area (Å²) in [7, 11) is 1.62. The molecule has 1 aliphatic rings. The number of carbonyl (C=O) groups excluding carboxylic acids is 1. The summed E-state index contributed by atoms with van der Waals surface area (Å²) in [5.74, 6) is 0.798. The molecule has 2 N–H and O–H groups in total. The molecule has 2 heterocycles. The zero-order chi connectivity index (χ0) is 22.8. The molecule has 1 amide bonds. The first-order valence-electron chi connectivity index (χ1n) is 10.9. The number of benzene rings is 2. The van der Waals surface area contributed by atoms with Crippen LogP contribution < -0.4 is 4.74 Å². The van der Waals surface area contributed by atoms with Gasteiger partial charge in [0.2, 0.25) is 0 Å². The number of aromatic nitrogens is 2. The Bertz CT molecular complexity index is 1140. The number of rotatable bonds is 8. The van der Waals surface area contributed by atoms with Gasteiger partial charge in [-0.3, -0.25) is 9.89 Å². The Morgan fingerprint density at radius 3 is 2.75 bits per heavy atom. The van der Waals surface area contributed by atoms with Crippen molar-refractivity contribution in [1.82, 2.24) is 15.1 Å². The second-order valence-corrected chi connectivity index (χ2v) is 8.15. The van der Waals surface area contributed by atoms with Gasteiger partial charge in [-0.1, -0.05) is 25.1 Å². The van der Waals surface area contributed by atoms with E-state index in [0.29, 0.717) is 36.7 Å². The molecule has 0 saturated carbocycles. The molecule has 0 spiro atoms. The van der Waals surface area contributed by atoms with E-state index in [-0.39, 0.29) is 17.7 Å². The smallest absolute Gasteiger partial charge is 0.273 e. The SMILES string of the molecule is CCCOc1cccc(C2c3c(-c4cc(C)cc(C)c4O)n[nH]c3C(=O)N2CCOC)c1. The zero-order valence-electron chi connectivity index (χ0n) is 18.9. The first-order valence-corrected chi connectivity index (χ1v) is 10.9. The maximum Gasteiger partial charge on any atom is 0.273 e. The molecule has 32 heavy (non-hydrogen) atoms. The van der Waals surface area contributed by atoms with Crippen molar-refractivity contribution >= 4 is 5.91 Å². The molecule has 0 fully saturated rings. The summed E-state index contributed by atoms with van der Waals surface area (Å²) < 4.78 is 11.1. The van der Waals surface area contributed by atoms with Crippen LogP contribution in [-0.2, 0) is 4.74 Å². The van der Waals surface area contributed by atoms with Gasteiger partial charge in [0.1, 0.15) is 22.9 Å². The lowest BCUT2D eigenvalue weighted by atomic mass is 9.94. The van der Waals surface area contributed by atoms with Crippen molar-refractivity contribution in [2.24, 2.45) is 0 Å². The highest BCUT2D eigenvalue weighted by Gasteiger charge is 2.42. The molecular weight excluding hydrogens is 406 g/mol. The summed E-state index contributed by atoms with van der Waals surface area (Å²) >= 11 is 0. The number of hydrogen-bond acceptors (Lipinski definition) is 5. The lowest BCUT2D eigenvalue weighted by molar-refractivity contribution is 0.0677. The molecule has 0 saturated heterocycles. The predicted molar refractivity (Wildman–Crippen MR) is 122 cm³/mol. The van der Waals surface area contributed by atoms with Crippen molar-refractivity contribution in [2.75, 3.05) is 26.9 Å². The van der Waals surface area contributed by atoms with E-state index in [9.17, 15) is 9.90 Å². The molecule has 0 radical (unpaired) electrons. The third-order valence-corrected chi connectivity index (χ3v) is 5.75. The summed E-state index contributed by atoms with van der Waals surface area (Å²) in [5, 5.41) is 18.2. The average Bonchev–Trinajstić information content (AvgIpc) is 3.32. The van der Waals surface area contributed by atoms with Crippen molar-refractivity contribution in [2.45, 2.75) is 33.2 Å². The minimum Gasteiger partial charge on any atom is -0.507 e. The maximum absolute atomic E-state index is 13.3. The molecule has 1 aromatic heterocycles. The fourth-order valence-electron chi connectivity index (χ4n) is 4.30. The lowest BCUT2D eigenvalue weighted by Gasteiger charge is -2.26. The molecule has 7 heteroatoms. The monoisotopic (exact) mass is 435 g/mol. The molecule has 1 unspecified atom stereocenters. The number of nitrogens with zero attached hydrogens (tertiary/aromatic N) is 2. The van der Waals surface area contributed by atoms with Crippen LogP contribution in [0.25, 0.3) is 11.3 Å². The van der Waals surface area contributed by atoms with Gasteiger partial charge in [0.05, 0.1) is 19.3 Å². The van der Waals surface area contributed by atoms with Crippen molar-refractivity contribution in [3.05, 3.63) is 64.3 Å². The van der Waals surface area contributed by atoms with E-state index < -0.39 is 0 Å². The van der Waals surface area contributed by atoms with E-state index in [1.54, 1.807) is 12.0 Å². The topological polar surface area (TPSA) is 87.7 Å². The Morgan fingerprint density at radius 2 is 2.00 bits per heavy atom. The second-order valence-electron chi connectivity index (χ2n) is 8.15. The fourth-order valence-corrected chi connectivity index (χ4v) is 4.30. The van der Waals surface area contributed by atoms with E-state index in [2.05, 4.69) is 17.1 Å². The second kappa shape index (κ2) is 9.04. The first-order chi connectivity index (χ1) is 15.5. The Labute approximate surface area is 188 Å². The van der Waals surface area contributed by atoms with Gasteiger partial charge in [-0.15, -0.1) is 0 Å². The number of nitrogens with one attached hydrogen (secondary N) is 1. The standard InChI is InChI=1S/C25H29N3O4/c1-5-10-32-18-8-6-7-17(14-18)23-20-21(19-13-15(2)12-16(3)24(19)29)26-27-22(20)25(30)28(23)9-11-31-4/h6-8,12-14,23,29H,5,9-11H2,1-4H3,(H,26,27). The third kappa shape index (κ3) is 3.84. The molecule has 4 rings (SSSR count). The molecule has 2 aromatic carbocycles. The maximum atomic E-state index is 13.3. The van der Waals surface area contributed by atoms with Crippen LogP contribution in [0.3, 0.4) is 0 Å². The molecule has 1 atom stereocenters. The molecule has 7 nitrogen and oxygen atoms in total. The van der Waals surface area contributed by atoms with Crippen LogP contribution in [-0.4, -0.2) is 53.0 Å². The van der Waals surface area contributed by atoms with Gasteiger partial charge in [-0.05, 0) is 55.2 Å². The van der Waals surface area contributed by atoms with E-state index in [4.69, 9.17) is 9.47 Å². The number of hydrogen-bond donors (Lipinski definition) is 2. The molecule has 168 valence electrons. The summed E-state index contributed by atoms with van der Waals surface area (Å²) in [6.45, 7) is 7.37. The zero-order valence-corrected chi connectivity index (χ0v) is 18.9. The number of phenolic OH excluding ortho intramolecular Hbond substituents is 1. The Balaban J connectivity index is 1.87. The van der Waals surface area contributed by atoms with Crippen LogP contribution in [0.15, 0.2) is 36.4 Å². The Hall–Kier alpha value is -3.32.